The summed E-state index contributed by atoms with van der Waals surface area (Å²) in [5.74, 6) is 1.18. The van der Waals surface area contributed by atoms with E-state index in [4.69, 9.17) is 4.74 Å². The van der Waals surface area contributed by atoms with Crippen LogP contribution in [0.4, 0.5) is 0 Å². The molecule has 1 aliphatic carbocycles. The lowest BCUT2D eigenvalue weighted by atomic mass is 9.94. The molecule has 0 bridgehead atoms. The quantitative estimate of drug-likeness (QED) is 0.475. The van der Waals surface area contributed by atoms with Crippen LogP contribution in [0.15, 0.2) is 23.0 Å². The van der Waals surface area contributed by atoms with Gasteiger partial charge in [0.2, 0.25) is 0 Å². The Kier molecular flexibility index (Phi) is 7.53. The van der Waals surface area contributed by atoms with Gasteiger partial charge in [-0.3, -0.25) is 9.69 Å². The van der Waals surface area contributed by atoms with E-state index in [0.29, 0.717) is 12.6 Å². The van der Waals surface area contributed by atoms with Gasteiger partial charge >= 0.3 is 0 Å². The number of nitrogens with zero attached hydrogens (tertiary/aromatic N) is 5. The molecule has 0 amide bonds. The Morgan fingerprint density at radius 2 is 1.86 bits per heavy atom. The fourth-order valence-electron chi connectivity index (χ4n) is 6.05. The lowest BCUT2D eigenvalue weighted by Gasteiger charge is -2.36. The number of tetrazole rings is 1. The third-order valence-corrected chi connectivity index (χ3v) is 8.10. The van der Waals surface area contributed by atoms with E-state index in [1.165, 1.54) is 30.4 Å². The van der Waals surface area contributed by atoms with E-state index < -0.39 is 0 Å². The van der Waals surface area contributed by atoms with E-state index in [1.54, 1.807) is 0 Å². The van der Waals surface area contributed by atoms with Gasteiger partial charge in [0.1, 0.15) is 0 Å². The Balaban J connectivity index is 1.52. The van der Waals surface area contributed by atoms with Crippen LogP contribution < -0.4 is 5.56 Å². The van der Waals surface area contributed by atoms with E-state index >= 15 is 0 Å². The number of aromatic nitrogens is 5. The number of pyridine rings is 1. The largest absolute Gasteiger partial charge is 0.377 e. The van der Waals surface area contributed by atoms with E-state index in [2.05, 4.69) is 76.0 Å². The first-order chi connectivity index (χ1) is 17.4. The molecule has 2 fully saturated rings. The normalized spacial score (nSPS) is 20.1. The molecule has 1 saturated heterocycles. The third kappa shape index (κ3) is 5.25. The summed E-state index contributed by atoms with van der Waals surface area (Å²) in [5.41, 5.74) is 4.03. The van der Waals surface area contributed by atoms with Crippen LogP contribution in [-0.2, 0) is 11.3 Å². The molecule has 8 nitrogen and oxygen atoms in total. The first-order valence-corrected chi connectivity index (χ1v) is 13.7. The highest BCUT2D eigenvalue weighted by Crippen LogP contribution is 2.34. The van der Waals surface area contributed by atoms with Crippen molar-refractivity contribution in [1.29, 1.82) is 0 Å². The van der Waals surface area contributed by atoms with Gasteiger partial charge in [-0.15, -0.1) is 5.10 Å². The van der Waals surface area contributed by atoms with Gasteiger partial charge < -0.3 is 9.72 Å². The van der Waals surface area contributed by atoms with Crippen molar-refractivity contribution in [2.45, 2.75) is 97.4 Å². The standard InChI is InChI=1S/C28H40N6O2/c1-18(2)26(27-30-31-32-34(27)23-9-6-5-7-10-23)33(17-24-11-8-12-36-24)16-22-15-21-13-19(3)20(4)14-25(21)29-28(22)35/h13-15,18,23-24,26H,5-12,16-17H2,1-4H3,(H,29,35)/t24-,26+/m0/s1. The van der Waals surface area contributed by atoms with Gasteiger partial charge in [0, 0.05) is 30.8 Å². The third-order valence-electron chi connectivity index (χ3n) is 8.10. The SMILES string of the molecule is Cc1cc2cc(CN(C[C@@H]3CCCO3)[C@@H](c3nnnn3C3CCCCC3)C(C)C)c(=O)[nH]c2cc1C. The van der Waals surface area contributed by atoms with Crippen molar-refractivity contribution in [3.63, 3.8) is 0 Å². The molecule has 2 atom stereocenters. The van der Waals surface area contributed by atoms with Gasteiger partial charge in [-0.05, 0) is 90.6 Å². The molecule has 194 valence electrons. The number of fused-ring (bicyclic) bond motifs is 1. The fourth-order valence-corrected chi connectivity index (χ4v) is 6.05. The van der Waals surface area contributed by atoms with Crippen LogP contribution in [0.3, 0.4) is 0 Å². The highest BCUT2D eigenvalue weighted by atomic mass is 16.5. The Morgan fingerprint density at radius 3 is 2.58 bits per heavy atom. The molecular formula is C28H40N6O2. The smallest absolute Gasteiger partial charge is 0.252 e. The second-order valence-corrected chi connectivity index (χ2v) is 11.2. The monoisotopic (exact) mass is 492 g/mol. The molecule has 8 heteroatoms. The Labute approximate surface area is 213 Å². The van der Waals surface area contributed by atoms with Crippen molar-refractivity contribution in [3.8, 4) is 0 Å². The van der Waals surface area contributed by atoms with Gasteiger partial charge in [-0.25, -0.2) is 4.68 Å². The van der Waals surface area contributed by atoms with E-state index in [1.807, 2.05) is 0 Å². The van der Waals surface area contributed by atoms with Gasteiger partial charge in [-0.1, -0.05) is 33.1 Å². The molecule has 2 aromatic heterocycles. The average molecular weight is 493 g/mol. The Bertz CT molecular complexity index is 1240. The number of hydrogen-bond acceptors (Lipinski definition) is 6. The first kappa shape index (κ1) is 25.1. The van der Waals surface area contributed by atoms with Gasteiger partial charge in [0.15, 0.2) is 5.82 Å². The van der Waals surface area contributed by atoms with E-state index in [-0.39, 0.29) is 23.6 Å². The molecule has 1 aromatic carbocycles. The average Bonchev–Trinajstić information content (AvgIpc) is 3.54. The minimum absolute atomic E-state index is 0.0130. The van der Waals surface area contributed by atoms with Crippen molar-refractivity contribution in [1.82, 2.24) is 30.1 Å². The molecule has 0 unspecified atom stereocenters. The molecular weight excluding hydrogens is 452 g/mol. The molecule has 1 aliphatic heterocycles. The van der Waals surface area contributed by atoms with Crippen LogP contribution in [0.5, 0.6) is 0 Å². The minimum atomic E-state index is -0.0301. The summed E-state index contributed by atoms with van der Waals surface area (Å²) < 4.78 is 8.14. The maximum atomic E-state index is 13.2. The highest BCUT2D eigenvalue weighted by Gasteiger charge is 2.34. The molecule has 1 saturated carbocycles. The number of ether oxygens (including phenoxy) is 1. The summed E-state index contributed by atoms with van der Waals surface area (Å²) in [7, 11) is 0. The molecule has 5 rings (SSSR count). The van der Waals surface area contributed by atoms with Gasteiger partial charge in [0.05, 0.1) is 18.2 Å². The minimum Gasteiger partial charge on any atom is -0.377 e. The number of aromatic amines is 1. The van der Waals surface area contributed by atoms with E-state index in [0.717, 1.165) is 61.1 Å². The number of rotatable bonds is 8. The zero-order valence-electron chi connectivity index (χ0n) is 22.2. The van der Waals surface area contributed by atoms with Crippen molar-refractivity contribution in [3.05, 3.63) is 51.1 Å². The van der Waals surface area contributed by atoms with Crippen LogP contribution in [0.25, 0.3) is 10.9 Å². The highest BCUT2D eigenvalue weighted by molar-refractivity contribution is 5.80. The van der Waals surface area contributed by atoms with Crippen LogP contribution in [0.1, 0.15) is 93.4 Å². The molecule has 1 N–H and O–H groups in total. The second-order valence-electron chi connectivity index (χ2n) is 11.2. The van der Waals surface area contributed by atoms with Crippen LogP contribution in [0.2, 0.25) is 0 Å². The zero-order valence-corrected chi connectivity index (χ0v) is 22.2. The molecule has 3 aromatic rings. The first-order valence-electron chi connectivity index (χ1n) is 13.7. The van der Waals surface area contributed by atoms with Crippen molar-refractivity contribution < 1.29 is 4.74 Å². The fraction of sp³-hybridized carbons (Fsp3) is 0.643. The predicted molar refractivity (Wildman–Crippen MR) is 141 cm³/mol. The second kappa shape index (κ2) is 10.8. The topological polar surface area (TPSA) is 88.9 Å². The number of aryl methyl sites for hydroxylation is 2. The lowest BCUT2D eigenvalue weighted by Crippen LogP contribution is -2.40. The molecule has 3 heterocycles. The van der Waals surface area contributed by atoms with Crippen LogP contribution >= 0.6 is 0 Å². The van der Waals surface area contributed by atoms with Crippen molar-refractivity contribution >= 4 is 10.9 Å². The van der Waals surface area contributed by atoms with Crippen molar-refractivity contribution in [2.75, 3.05) is 13.2 Å². The number of H-pyrrole nitrogens is 1. The summed E-state index contributed by atoms with van der Waals surface area (Å²) in [6.07, 6.45) is 8.27. The number of benzene rings is 1. The predicted octanol–water partition coefficient (Wildman–Crippen LogP) is 5.01. The van der Waals surface area contributed by atoms with Crippen LogP contribution in [-0.4, -0.2) is 49.3 Å². The maximum absolute atomic E-state index is 13.2. The zero-order chi connectivity index (χ0) is 25.2. The van der Waals surface area contributed by atoms with Crippen molar-refractivity contribution in [2.24, 2.45) is 5.92 Å². The summed E-state index contributed by atoms with van der Waals surface area (Å²) in [5, 5.41) is 14.3. The van der Waals surface area contributed by atoms with Gasteiger partial charge in [-0.2, -0.15) is 0 Å². The summed E-state index contributed by atoms with van der Waals surface area (Å²) in [4.78, 5) is 18.8. The Hall–Kier alpha value is -2.58. The molecule has 0 spiro atoms. The Morgan fingerprint density at radius 1 is 1.08 bits per heavy atom. The maximum Gasteiger partial charge on any atom is 0.252 e. The van der Waals surface area contributed by atoms with Gasteiger partial charge in [0.25, 0.3) is 5.56 Å². The summed E-state index contributed by atoms with van der Waals surface area (Å²) >= 11 is 0. The lowest BCUT2D eigenvalue weighted by molar-refractivity contribution is 0.0375. The van der Waals surface area contributed by atoms with Crippen LogP contribution in [0, 0.1) is 19.8 Å². The van der Waals surface area contributed by atoms with E-state index in [9.17, 15) is 4.79 Å². The summed E-state index contributed by atoms with van der Waals surface area (Å²) in [6, 6.07) is 6.63. The molecule has 0 radical (unpaired) electrons. The molecule has 2 aliphatic rings. The summed E-state index contributed by atoms with van der Waals surface area (Å²) in [6.45, 7) is 10.7. The number of hydrogen-bond donors (Lipinski definition) is 1. The number of nitrogens with one attached hydrogen (secondary N) is 1. The molecule has 36 heavy (non-hydrogen) atoms.